The van der Waals surface area contributed by atoms with E-state index in [0.29, 0.717) is 10.9 Å². The Bertz CT molecular complexity index is 422. The number of allylic oxidation sites excluding steroid dienone is 3. The van der Waals surface area contributed by atoms with Crippen LogP contribution in [0.3, 0.4) is 0 Å². The lowest BCUT2D eigenvalue weighted by Crippen LogP contribution is -2.42. The Morgan fingerprint density at radius 1 is 1.53 bits per heavy atom. The average Bonchev–Trinajstić information content (AvgIpc) is 2.80. The predicted octanol–water partition coefficient (Wildman–Crippen LogP) is 4.29. The molecule has 4 heteroatoms. The summed E-state index contributed by atoms with van der Waals surface area (Å²) in [5.41, 5.74) is 0. The van der Waals surface area contributed by atoms with Crippen molar-refractivity contribution in [2.24, 2.45) is 0 Å². The minimum Gasteiger partial charge on any atom is -0.491 e. The number of rotatable bonds is 3. The standard InChI is InChI=1S/C15H18Br2O2/c1-3-5-6-7-10(16)13-9-15-14(19-13)8-11(17)12(4-2)18-15/h1,5-6,11-12,14-15H,4,7-9H2,2H3/b6-5+,13-10-/t11?,12-,14?,15?/m1/s1. The van der Waals surface area contributed by atoms with E-state index in [-0.39, 0.29) is 12.2 Å². The van der Waals surface area contributed by atoms with E-state index in [9.17, 15) is 0 Å². The molecule has 0 bridgehead atoms. The highest BCUT2D eigenvalue weighted by Crippen LogP contribution is 2.40. The molecule has 2 heterocycles. The molecule has 0 N–H and O–H groups in total. The quantitative estimate of drug-likeness (QED) is 0.529. The topological polar surface area (TPSA) is 18.5 Å². The van der Waals surface area contributed by atoms with Gasteiger partial charge in [0, 0.05) is 28.6 Å². The van der Waals surface area contributed by atoms with Crippen LogP contribution >= 0.6 is 31.9 Å². The van der Waals surface area contributed by atoms with Gasteiger partial charge in [-0.3, -0.25) is 0 Å². The zero-order valence-corrected chi connectivity index (χ0v) is 14.1. The summed E-state index contributed by atoms with van der Waals surface area (Å²) in [5.74, 6) is 3.49. The van der Waals surface area contributed by atoms with Gasteiger partial charge in [-0.1, -0.05) is 50.8 Å². The molecule has 0 aromatic carbocycles. The molecule has 2 fully saturated rings. The first-order valence-electron chi connectivity index (χ1n) is 6.60. The van der Waals surface area contributed by atoms with Crippen LogP contribution < -0.4 is 0 Å². The highest BCUT2D eigenvalue weighted by Gasteiger charge is 2.42. The summed E-state index contributed by atoms with van der Waals surface area (Å²) in [4.78, 5) is 0.387. The summed E-state index contributed by atoms with van der Waals surface area (Å²) in [6, 6.07) is 0. The molecule has 4 atom stereocenters. The molecule has 3 unspecified atom stereocenters. The van der Waals surface area contributed by atoms with Gasteiger partial charge in [-0.05, 0) is 12.5 Å². The third-order valence-corrected chi connectivity index (χ3v) is 5.25. The molecular formula is C15H18Br2O2. The van der Waals surface area contributed by atoms with Crippen molar-refractivity contribution in [3.8, 4) is 12.3 Å². The minimum atomic E-state index is 0.173. The second-order valence-electron chi connectivity index (χ2n) is 4.83. The van der Waals surface area contributed by atoms with E-state index in [2.05, 4.69) is 44.7 Å². The molecule has 2 aliphatic rings. The van der Waals surface area contributed by atoms with E-state index in [1.54, 1.807) is 6.08 Å². The molecular weight excluding hydrogens is 372 g/mol. The van der Waals surface area contributed by atoms with Crippen LogP contribution in [-0.2, 0) is 9.47 Å². The largest absolute Gasteiger partial charge is 0.491 e. The molecule has 2 nitrogen and oxygen atoms in total. The van der Waals surface area contributed by atoms with Crippen LogP contribution in [-0.4, -0.2) is 23.1 Å². The lowest BCUT2D eigenvalue weighted by atomic mass is 9.99. The minimum absolute atomic E-state index is 0.173. The van der Waals surface area contributed by atoms with Crippen LogP contribution in [0.1, 0.15) is 32.6 Å². The summed E-state index contributed by atoms with van der Waals surface area (Å²) in [6.07, 6.45) is 13.2. The Balaban J connectivity index is 2.01. The van der Waals surface area contributed by atoms with E-state index in [1.165, 1.54) is 0 Å². The van der Waals surface area contributed by atoms with Crippen molar-refractivity contribution in [3.05, 3.63) is 22.4 Å². The van der Waals surface area contributed by atoms with Gasteiger partial charge in [0.25, 0.3) is 0 Å². The van der Waals surface area contributed by atoms with Gasteiger partial charge < -0.3 is 9.47 Å². The number of ether oxygens (including phenoxy) is 2. The number of halogens is 2. The van der Waals surface area contributed by atoms with Gasteiger partial charge in [0.2, 0.25) is 0 Å². The van der Waals surface area contributed by atoms with Gasteiger partial charge in [0.05, 0.1) is 6.10 Å². The number of fused-ring (bicyclic) bond motifs is 1. The predicted molar refractivity (Wildman–Crippen MR) is 84.3 cm³/mol. The number of alkyl halides is 1. The van der Waals surface area contributed by atoms with E-state index in [1.807, 2.05) is 6.08 Å². The number of terminal acetylenes is 1. The zero-order chi connectivity index (χ0) is 13.8. The first-order chi connectivity index (χ1) is 9.15. The summed E-state index contributed by atoms with van der Waals surface area (Å²) >= 11 is 7.28. The van der Waals surface area contributed by atoms with Crippen molar-refractivity contribution in [2.45, 2.75) is 55.7 Å². The average molecular weight is 390 g/mol. The molecule has 0 saturated carbocycles. The normalized spacial score (nSPS) is 36.7. The van der Waals surface area contributed by atoms with E-state index in [4.69, 9.17) is 15.9 Å². The zero-order valence-electron chi connectivity index (χ0n) is 10.9. The van der Waals surface area contributed by atoms with Crippen molar-refractivity contribution >= 4 is 31.9 Å². The summed E-state index contributed by atoms with van der Waals surface area (Å²) < 4.78 is 13.2. The molecule has 2 aliphatic heterocycles. The lowest BCUT2D eigenvalue weighted by Gasteiger charge is -2.34. The first kappa shape index (κ1) is 15.2. The summed E-state index contributed by atoms with van der Waals surface area (Å²) in [7, 11) is 0. The van der Waals surface area contributed by atoms with Crippen LogP contribution in [0.4, 0.5) is 0 Å². The Morgan fingerprint density at radius 3 is 3.00 bits per heavy atom. The maximum Gasteiger partial charge on any atom is 0.126 e. The second-order valence-corrected chi connectivity index (χ2v) is 6.97. The molecule has 0 radical (unpaired) electrons. The molecule has 0 amide bonds. The Hall–Kier alpha value is -0.240. The highest BCUT2D eigenvalue weighted by molar-refractivity contribution is 9.11. The van der Waals surface area contributed by atoms with E-state index >= 15 is 0 Å². The molecule has 0 aromatic heterocycles. The Kier molecular flexibility index (Phi) is 5.56. The van der Waals surface area contributed by atoms with Crippen LogP contribution in [0.2, 0.25) is 0 Å². The fourth-order valence-electron chi connectivity index (χ4n) is 2.51. The SMILES string of the molecule is C#C/C=C/C/C(Br)=C1\CC2O[C@H](CC)C(Br)CC2O1. The lowest BCUT2D eigenvalue weighted by molar-refractivity contribution is -0.0853. The molecule has 19 heavy (non-hydrogen) atoms. The molecule has 104 valence electrons. The monoisotopic (exact) mass is 388 g/mol. The third-order valence-electron chi connectivity index (χ3n) is 3.52. The van der Waals surface area contributed by atoms with Crippen LogP contribution in [0.5, 0.6) is 0 Å². The summed E-state index contributed by atoms with van der Waals surface area (Å²) in [6.45, 7) is 2.16. The van der Waals surface area contributed by atoms with Crippen LogP contribution in [0.15, 0.2) is 22.4 Å². The van der Waals surface area contributed by atoms with Crippen molar-refractivity contribution in [1.82, 2.24) is 0 Å². The smallest absolute Gasteiger partial charge is 0.126 e. The molecule has 2 saturated heterocycles. The van der Waals surface area contributed by atoms with Crippen molar-refractivity contribution in [3.63, 3.8) is 0 Å². The maximum absolute atomic E-state index is 6.10. The van der Waals surface area contributed by atoms with Gasteiger partial charge in [0.1, 0.15) is 18.0 Å². The highest BCUT2D eigenvalue weighted by atomic mass is 79.9. The van der Waals surface area contributed by atoms with Crippen LogP contribution in [0, 0.1) is 12.3 Å². The van der Waals surface area contributed by atoms with Gasteiger partial charge in [-0.25, -0.2) is 0 Å². The van der Waals surface area contributed by atoms with Crippen LogP contribution in [0.25, 0.3) is 0 Å². The van der Waals surface area contributed by atoms with Crippen molar-refractivity contribution in [1.29, 1.82) is 0 Å². The van der Waals surface area contributed by atoms with Gasteiger partial charge in [0.15, 0.2) is 0 Å². The fraction of sp³-hybridized carbons (Fsp3) is 0.600. The molecule has 0 aromatic rings. The Labute approximate surface area is 131 Å². The first-order valence-corrected chi connectivity index (χ1v) is 8.31. The molecule has 2 rings (SSSR count). The Morgan fingerprint density at radius 2 is 2.32 bits per heavy atom. The van der Waals surface area contributed by atoms with Gasteiger partial charge in [-0.15, -0.1) is 6.42 Å². The van der Waals surface area contributed by atoms with E-state index in [0.717, 1.165) is 35.9 Å². The van der Waals surface area contributed by atoms with Gasteiger partial charge in [-0.2, -0.15) is 0 Å². The van der Waals surface area contributed by atoms with Crippen molar-refractivity contribution < 1.29 is 9.47 Å². The summed E-state index contributed by atoms with van der Waals surface area (Å²) in [5, 5.41) is 0. The van der Waals surface area contributed by atoms with Gasteiger partial charge >= 0.3 is 0 Å². The van der Waals surface area contributed by atoms with Crippen molar-refractivity contribution in [2.75, 3.05) is 0 Å². The molecule has 0 aliphatic carbocycles. The fourth-order valence-corrected chi connectivity index (χ4v) is 3.82. The number of hydrogen-bond donors (Lipinski definition) is 0. The second kappa shape index (κ2) is 6.97. The third kappa shape index (κ3) is 3.65. The maximum atomic E-state index is 6.10. The molecule has 0 spiro atoms. The van der Waals surface area contributed by atoms with E-state index < -0.39 is 0 Å². The number of hydrogen-bond acceptors (Lipinski definition) is 2.